The Hall–Kier alpha value is -3.45. The van der Waals surface area contributed by atoms with Gasteiger partial charge in [-0.05, 0) is 55.7 Å². The number of fused-ring (bicyclic) bond motifs is 1. The highest BCUT2D eigenvalue weighted by molar-refractivity contribution is 7.80. The molecule has 3 aromatic carbocycles. The molecule has 0 unspecified atom stereocenters. The van der Waals surface area contributed by atoms with Gasteiger partial charge in [0.05, 0.1) is 24.3 Å². The number of carbonyl (C=O) groups is 2. The van der Waals surface area contributed by atoms with Crippen molar-refractivity contribution in [1.29, 1.82) is 0 Å². The number of nitrogens with one attached hydrogen (secondary N) is 2. The average molecular weight is 423 g/mol. The van der Waals surface area contributed by atoms with E-state index in [0.717, 1.165) is 16.5 Å². The number of rotatable bonds is 6. The van der Waals surface area contributed by atoms with E-state index in [9.17, 15) is 9.59 Å². The lowest BCUT2D eigenvalue weighted by Crippen LogP contribution is -2.20. The molecule has 0 amide bonds. The van der Waals surface area contributed by atoms with Gasteiger partial charge in [-0.15, -0.1) is 0 Å². The van der Waals surface area contributed by atoms with E-state index in [1.54, 1.807) is 26.0 Å². The summed E-state index contributed by atoms with van der Waals surface area (Å²) >= 11 is 5.45. The second kappa shape index (κ2) is 9.84. The van der Waals surface area contributed by atoms with Crippen molar-refractivity contribution in [3.63, 3.8) is 0 Å². The largest absolute Gasteiger partial charge is 0.462 e. The van der Waals surface area contributed by atoms with Gasteiger partial charge in [-0.3, -0.25) is 0 Å². The van der Waals surface area contributed by atoms with Crippen molar-refractivity contribution in [3.8, 4) is 0 Å². The van der Waals surface area contributed by atoms with Crippen molar-refractivity contribution in [2.24, 2.45) is 0 Å². The van der Waals surface area contributed by atoms with Gasteiger partial charge in [-0.2, -0.15) is 0 Å². The number of hydrogen-bond donors (Lipinski definition) is 2. The molecule has 0 aromatic heterocycles. The molecule has 6 nitrogen and oxygen atoms in total. The fraction of sp³-hybridized carbons (Fsp3) is 0.174. The Morgan fingerprint density at radius 1 is 0.833 bits per heavy atom. The second-order valence-corrected chi connectivity index (χ2v) is 6.75. The van der Waals surface area contributed by atoms with E-state index in [-0.39, 0.29) is 24.3 Å². The first-order valence-corrected chi connectivity index (χ1v) is 9.97. The van der Waals surface area contributed by atoms with Crippen molar-refractivity contribution in [1.82, 2.24) is 0 Å². The number of anilines is 2. The van der Waals surface area contributed by atoms with Gasteiger partial charge in [-0.1, -0.05) is 36.4 Å². The number of esters is 2. The highest BCUT2D eigenvalue weighted by Crippen LogP contribution is 2.24. The summed E-state index contributed by atoms with van der Waals surface area (Å²) in [4.78, 5) is 24.4. The lowest BCUT2D eigenvalue weighted by Gasteiger charge is -2.14. The molecule has 0 atom stereocenters. The molecule has 2 N–H and O–H groups in total. The molecule has 0 bridgehead atoms. The van der Waals surface area contributed by atoms with Gasteiger partial charge in [0.15, 0.2) is 5.11 Å². The Bertz CT molecular complexity index is 1060. The molecular weight excluding hydrogens is 400 g/mol. The molecule has 0 aliphatic carbocycles. The van der Waals surface area contributed by atoms with Crippen molar-refractivity contribution in [2.75, 3.05) is 23.8 Å². The third-order valence-corrected chi connectivity index (χ3v) is 4.46. The maximum absolute atomic E-state index is 12.2. The third-order valence-electron chi connectivity index (χ3n) is 4.25. The van der Waals surface area contributed by atoms with Crippen LogP contribution in [-0.2, 0) is 9.47 Å². The first-order chi connectivity index (χ1) is 14.5. The minimum absolute atomic E-state index is 0.228. The van der Waals surface area contributed by atoms with Crippen LogP contribution in [0.15, 0.2) is 60.7 Å². The Balaban J connectivity index is 1.85. The zero-order valence-corrected chi connectivity index (χ0v) is 17.5. The van der Waals surface area contributed by atoms with Crippen molar-refractivity contribution in [3.05, 3.63) is 71.8 Å². The monoisotopic (exact) mass is 422 g/mol. The zero-order valence-electron chi connectivity index (χ0n) is 16.7. The fourth-order valence-electron chi connectivity index (χ4n) is 2.98. The van der Waals surface area contributed by atoms with Gasteiger partial charge < -0.3 is 20.1 Å². The van der Waals surface area contributed by atoms with Crippen molar-refractivity contribution >= 4 is 51.4 Å². The van der Waals surface area contributed by atoms with E-state index < -0.39 is 11.9 Å². The average Bonchev–Trinajstić information content (AvgIpc) is 2.74. The van der Waals surface area contributed by atoms with Crippen molar-refractivity contribution < 1.29 is 19.1 Å². The fourth-order valence-corrected chi connectivity index (χ4v) is 3.21. The standard InChI is InChI=1S/C23H22N2O4S/c1-3-28-21(26)16-12-17(22(27)29-4-2)14-18(13-16)24-23(30)25-20-11-7-9-15-8-5-6-10-19(15)20/h5-14H,3-4H2,1-2H3,(H2,24,25,30). The molecule has 0 saturated heterocycles. The van der Waals surface area contributed by atoms with E-state index in [2.05, 4.69) is 10.6 Å². The Labute approximate surface area is 180 Å². The molecule has 0 radical (unpaired) electrons. The summed E-state index contributed by atoms with van der Waals surface area (Å²) in [6, 6.07) is 18.4. The molecule has 3 rings (SSSR count). The van der Waals surface area contributed by atoms with E-state index in [4.69, 9.17) is 21.7 Å². The molecule has 7 heteroatoms. The quantitative estimate of drug-likeness (QED) is 0.427. The molecule has 3 aromatic rings. The summed E-state index contributed by atoms with van der Waals surface area (Å²) in [7, 11) is 0. The second-order valence-electron chi connectivity index (χ2n) is 6.35. The van der Waals surface area contributed by atoms with Gasteiger partial charge in [0.25, 0.3) is 0 Å². The zero-order chi connectivity index (χ0) is 21.5. The molecule has 0 spiro atoms. The maximum Gasteiger partial charge on any atom is 0.338 e. The van der Waals surface area contributed by atoms with Crippen LogP contribution in [0.25, 0.3) is 10.8 Å². The van der Waals surface area contributed by atoms with Gasteiger partial charge in [0.1, 0.15) is 0 Å². The number of ether oxygens (including phenoxy) is 2. The van der Waals surface area contributed by atoms with Crippen LogP contribution >= 0.6 is 12.2 Å². The topological polar surface area (TPSA) is 76.7 Å². The normalized spacial score (nSPS) is 10.3. The smallest absolute Gasteiger partial charge is 0.338 e. The SMILES string of the molecule is CCOC(=O)c1cc(NC(=S)Nc2cccc3ccccc23)cc(C(=O)OCC)c1. The first kappa shape index (κ1) is 21.3. The van der Waals surface area contributed by atoms with Gasteiger partial charge in [-0.25, -0.2) is 9.59 Å². The summed E-state index contributed by atoms with van der Waals surface area (Å²) in [5.41, 5.74) is 1.79. The van der Waals surface area contributed by atoms with Crippen LogP contribution < -0.4 is 10.6 Å². The highest BCUT2D eigenvalue weighted by atomic mass is 32.1. The maximum atomic E-state index is 12.2. The minimum atomic E-state index is -0.528. The highest BCUT2D eigenvalue weighted by Gasteiger charge is 2.15. The number of benzene rings is 3. The number of hydrogen-bond acceptors (Lipinski definition) is 5. The molecule has 30 heavy (non-hydrogen) atoms. The summed E-state index contributed by atoms with van der Waals surface area (Å²) in [6.45, 7) is 3.89. The third kappa shape index (κ3) is 5.12. The molecule has 154 valence electrons. The number of carbonyl (C=O) groups excluding carboxylic acids is 2. The van der Waals surface area contributed by atoms with Crippen LogP contribution in [0.4, 0.5) is 11.4 Å². The summed E-state index contributed by atoms with van der Waals surface area (Å²) in [5.74, 6) is -1.06. The Morgan fingerprint density at radius 2 is 1.43 bits per heavy atom. The lowest BCUT2D eigenvalue weighted by atomic mass is 10.1. The van der Waals surface area contributed by atoms with Crippen LogP contribution in [0.1, 0.15) is 34.6 Å². The predicted octanol–water partition coefficient (Wildman–Crippen LogP) is 5.00. The van der Waals surface area contributed by atoms with Gasteiger partial charge in [0, 0.05) is 16.8 Å². The molecule has 0 aliphatic heterocycles. The van der Waals surface area contributed by atoms with E-state index >= 15 is 0 Å². The lowest BCUT2D eigenvalue weighted by molar-refractivity contribution is 0.0525. The van der Waals surface area contributed by atoms with E-state index in [1.165, 1.54) is 6.07 Å². The molecular formula is C23H22N2O4S. The number of thiocarbonyl (C=S) groups is 1. The molecule has 0 heterocycles. The molecule has 0 fully saturated rings. The summed E-state index contributed by atoms with van der Waals surface area (Å²) < 4.78 is 10.1. The van der Waals surface area contributed by atoms with Crippen LogP contribution in [0.2, 0.25) is 0 Å². The summed E-state index contributed by atoms with van der Waals surface area (Å²) in [5, 5.41) is 8.63. The summed E-state index contributed by atoms with van der Waals surface area (Å²) in [6.07, 6.45) is 0. The van der Waals surface area contributed by atoms with Crippen LogP contribution in [-0.4, -0.2) is 30.3 Å². The van der Waals surface area contributed by atoms with Crippen LogP contribution in [0, 0.1) is 0 Å². The Kier molecular flexibility index (Phi) is 6.98. The first-order valence-electron chi connectivity index (χ1n) is 9.57. The van der Waals surface area contributed by atoms with Gasteiger partial charge in [0.2, 0.25) is 0 Å². The molecule has 0 saturated carbocycles. The Morgan fingerprint density at radius 3 is 2.07 bits per heavy atom. The van der Waals surface area contributed by atoms with Gasteiger partial charge >= 0.3 is 11.9 Å². The van der Waals surface area contributed by atoms with Crippen LogP contribution in [0.3, 0.4) is 0 Å². The van der Waals surface area contributed by atoms with Crippen LogP contribution in [0.5, 0.6) is 0 Å². The van der Waals surface area contributed by atoms with E-state index in [1.807, 2.05) is 42.5 Å². The van der Waals surface area contributed by atoms with Crippen molar-refractivity contribution in [2.45, 2.75) is 13.8 Å². The predicted molar refractivity (Wildman–Crippen MR) is 122 cm³/mol. The minimum Gasteiger partial charge on any atom is -0.462 e. The van der Waals surface area contributed by atoms with E-state index in [0.29, 0.717) is 10.8 Å². The molecule has 0 aliphatic rings.